The molecule has 0 aromatic carbocycles. The standard InChI is InChI=1S/C33H67NO5S/c1-3-5-7-9-11-13-15-16-17-19-21-23-25-27-29-33(36)34-31(30-40(37,38)39)32(35)28-26-24-22-20-18-14-12-10-8-6-4-2/h31-32,35H,3-30H2,1-2H3,(H,34,36)(H,37,38,39). The molecule has 0 rings (SSSR count). The average molecular weight is 590 g/mol. The quantitative estimate of drug-likeness (QED) is 0.0552. The van der Waals surface area contributed by atoms with Crippen LogP contribution in [0.1, 0.15) is 187 Å². The van der Waals surface area contributed by atoms with E-state index < -0.39 is 28.0 Å². The van der Waals surface area contributed by atoms with Gasteiger partial charge in [0.1, 0.15) is 0 Å². The van der Waals surface area contributed by atoms with Gasteiger partial charge >= 0.3 is 0 Å². The lowest BCUT2D eigenvalue weighted by Crippen LogP contribution is -2.47. The monoisotopic (exact) mass is 589 g/mol. The van der Waals surface area contributed by atoms with E-state index in [2.05, 4.69) is 19.2 Å². The molecule has 0 aliphatic rings. The summed E-state index contributed by atoms with van der Waals surface area (Å²) >= 11 is 0. The van der Waals surface area contributed by atoms with Gasteiger partial charge in [0.25, 0.3) is 10.1 Å². The largest absolute Gasteiger partial charge is 0.391 e. The molecule has 7 heteroatoms. The molecular weight excluding hydrogens is 522 g/mol. The first-order chi connectivity index (χ1) is 19.3. The zero-order chi connectivity index (χ0) is 29.7. The third-order valence-corrected chi connectivity index (χ3v) is 8.84. The van der Waals surface area contributed by atoms with E-state index in [1.165, 1.54) is 122 Å². The first kappa shape index (κ1) is 39.3. The van der Waals surface area contributed by atoms with Gasteiger partial charge in [-0.05, 0) is 12.8 Å². The molecule has 2 atom stereocenters. The number of carbonyl (C=O) groups excluding carboxylic acids is 1. The Bertz CT molecular complexity index is 655. The second-order valence-electron chi connectivity index (χ2n) is 12.2. The van der Waals surface area contributed by atoms with E-state index in [-0.39, 0.29) is 5.91 Å². The van der Waals surface area contributed by atoms with Crippen LogP contribution in [0.15, 0.2) is 0 Å². The smallest absolute Gasteiger partial charge is 0.266 e. The number of amides is 1. The van der Waals surface area contributed by atoms with Crippen molar-refractivity contribution in [2.45, 2.75) is 199 Å². The predicted molar refractivity (Wildman–Crippen MR) is 170 cm³/mol. The summed E-state index contributed by atoms with van der Waals surface area (Å²) in [5, 5.41) is 13.3. The highest BCUT2D eigenvalue weighted by molar-refractivity contribution is 7.85. The van der Waals surface area contributed by atoms with Crippen LogP contribution >= 0.6 is 0 Å². The Morgan fingerprint density at radius 1 is 0.575 bits per heavy atom. The van der Waals surface area contributed by atoms with Crippen molar-refractivity contribution in [3.8, 4) is 0 Å². The van der Waals surface area contributed by atoms with Gasteiger partial charge in [0.05, 0.1) is 17.9 Å². The molecule has 0 aromatic rings. The molecule has 0 saturated carbocycles. The maximum absolute atomic E-state index is 12.4. The normalized spacial score (nSPS) is 13.4. The number of aliphatic hydroxyl groups excluding tert-OH is 1. The van der Waals surface area contributed by atoms with Crippen molar-refractivity contribution in [2.75, 3.05) is 5.75 Å². The van der Waals surface area contributed by atoms with Crippen LogP contribution in [-0.2, 0) is 14.9 Å². The molecule has 0 aliphatic carbocycles. The summed E-state index contributed by atoms with van der Waals surface area (Å²) in [6.45, 7) is 4.49. The third kappa shape index (κ3) is 28.9. The fourth-order valence-corrected chi connectivity index (χ4v) is 6.21. The lowest BCUT2D eigenvalue weighted by Gasteiger charge is -2.23. The number of unbranched alkanes of at least 4 members (excludes halogenated alkanes) is 23. The van der Waals surface area contributed by atoms with Gasteiger partial charge in [-0.2, -0.15) is 8.42 Å². The topological polar surface area (TPSA) is 104 Å². The summed E-state index contributed by atoms with van der Waals surface area (Å²) in [5.41, 5.74) is 0. The molecule has 240 valence electrons. The summed E-state index contributed by atoms with van der Waals surface area (Å²) in [6.07, 6.45) is 30.4. The molecule has 2 unspecified atom stereocenters. The fourth-order valence-electron chi connectivity index (χ4n) is 5.45. The molecular formula is C33H67NO5S. The molecule has 0 aromatic heterocycles. The van der Waals surface area contributed by atoms with Crippen molar-refractivity contribution >= 4 is 16.0 Å². The Morgan fingerprint density at radius 3 is 1.25 bits per heavy atom. The summed E-state index contributed by atoms with van der Waals surface area (Å²) in [6, 6.07) is -0.961. The van der Waals surface area contributed by atoms with Crippen LogP contribution in [0.3, 0.4) is 0 Å². The van der Waals surface area contributed by atoms with Gasteiger partial charge in [0.15, 0.2) is 0 Å². The fraction of sp³-hybridized carbons (Fsp3) is 0.970. The maximum Gasteiger partial charge on any atom is 0.266 e. The summed E-state index contributed by atoms with van der Waals surface area (Å²) < 4.78 is 32.3. The zero-order valence-corrected chi connectivity index (χ0v) is 27.3. The Morgan fingerprint density at radius 2 is 0.900 bits per heavy atom. The van der Waals surface area contributed by atoms with Crippen molar-refractivity contribution in [1.29, 1.82) is 0 Å². The van der Waals surface area contributed by atoms with E-state index in [4.69, 9.17) is 0 Å². The Labute approximate surface area is 249 Å². The number of aliphatic hydroxyl groups is 1. The molecule has 0 saturated heterocycles. The number of carbonyl (C=O) groups is 1. The second-order valence-corrected chi connectivity index (χ2v) is 13.7. The van der Waals surface area contributed by atoms with E-state index in [9.17, 15) is 22.9 Å². The van der Waals surface area contributed by atoms with Crippen molar-refractivity contribution in [3.63, 3.8) is 0 Å². The predicted octanol–water partition coefficient (Wildman–Crippen LogP) is 9.29. The van der Waals surface area contributed by atoms with Crippen LogP contribution in [0.25, 0.3) is 0 Å². The highest BCUT2D eigenvalue weighted by atomic mass is 32.2. The van der Waals surface area contributed by atoms with Crippen LogP contribution in [0.5, 0.6) is 0 Å². The van der Waals surface area contributed by atoms with E-state index in [1.807, 2.05) is 0 Å². The summed E-state index contributed by atoms with van der Waals surface area (Å²) in [7, 11) is -4.29. The lowest BCUT2D eigenvalue weighted by molar-refractivity contribution is -0.122. The minimum Gasteiger partial charge on any atom is -0.391 e. The van der Waals surface area contributed by atoms with E-state index in [0.717, 1.165) is 38.5 Å². The van der Waals surface area contributed by atoms with Gasteiger partial charge in [0, 0.05) is 6.42 Å². The van der Waals surface area contributed by atoms with Crippen molar-refractivity contribution in [1.82, 2.24) is 5.32 Å². The first-order valence-electron chi connectivity index (χ1n) is 17.2. The second kappa shape index (κ2) is 28.5. The van der Waals surface area contributed by atoms with E-state index >= 15 is 0 Å². The van der Waals surface area contributed by atoms with Gasteiger partial charge in [-0.3, -0.25) is 9.35 Å². The van der Waals surface area contributed by atoms with Crippen LogP contribution in [-0.4, -0.2) is 41.9 Å². The first-order valence-corrected chi connectivity index (χ1v) is 18.8. The van der Waals surface area contributed by atoms with E-state index in [1.54, 1.807) is 0 Å². The molecule has 1 amide bonds. The minimum absolute atomic E-state index is 0.245. The Kier molecular flexibility index (Phi) is 28.0. The molecule has 0 fully saturated rings. The van der Waals surface area contributed by atoms with Crippen molar-refractivity contribution in [2.24, 2.45) is 0 Å². The molecule has 0 heterocycles. The number of nitrogens with one attached hydrogen (secondary N) is 1. The molecule has 0 bridgehead atoms. The third-order valence-electron chi connectivity index (χ3n) is 8.06. The van der Waals surface area contributed by atoms with Crippen LogP contribution in [0.2, 0.25) is 0 Å². The van der Waals surface area contributed by atoms with Crippen molar-refractivity contribution in [3.05, 3.63) is 0 Å². The summed E-state index contributed by atoms with van der Waals surface area (Å²) in [5.74, 6) is -0.887. The van der Waals surface area contributed by atoms with Gasteiger partial charge in [-0.1, -0.05) is 168 Å². The molecule has 6 nitrogen and oxygen atoms in total. The maximum atomic E-state index is 12.4. The molecule has 0 spiro atoms. The minimum atomic E-state index is -4.29. The van der Waals surface area contributed by atoms with Crippen LogP contribution in [0, 0.1) is 0 Å². The SMILES string of the molecule is CCCCCCCCCCCCCCCCC(=O)NC(CS(=O)(=O)O)C(O)CCCCCCCCCCCCC. The zero-order valence-electron chi connectivity index (χ0n) is 26.5. The molecule has 40 heavy (non-hydrogen) atoms. The number of hydrogen-bond acceptors (Lipinski definition) is 4. The molecule has 3 N–H and O–H groups in total. The highest BCUT2D eigenvalue weighted by Crippen LogP contribution is 2.15. The Hall–Kier alpha value is -0.660. The van der Waals surface area contributed by atoms with Gasteiger partial charge in [0.2, 0.25) is 5.91 Å². The van der Waals surface area contributed by atoms with Gasteiger partial charge in [-0.15, -0.1) is 0 Å². The summed E-state index contributed by atoms with van der Waals surface area (Å²) in [4.78, 5) is 12.4. The Balaban J connectivity index is 3.92. The van der Waals surface area contributed by atoms with E-state index in [0.29, 0.717) is 12.8 Å². The van der Waals surface area contributed by atoms with Crippen LogP contribution in [0.4, 0.5) is 0 Å². The van der Waals surface area contributed by atoms with Gasteiger partial charge in [-0.25, -0.2) is 0 Å². The molecule has 0 aliphatic heterocycles. The number of hydrogen-bond donors (Lipinski definition) is 3. The highest BCUT2D eigenvalue weighted by Gasteiger charge is 2.26. The molecule has 0 radical (unpaired) electrons. The lowest BCUT2D eigenvalue weighted by atomic mass is 10.0. The van der Waals surface area contributed by atoms with Gasteiger partial charge < -0.3 is 10.4 Å². The average Bonchev–Trinajstić information content (AvgIpc) is 2.90. The van der Waals surface area contributed by atoms with Crippen molar-refractivity contribution < 1.29 is 22.9 Å². The van der Waals surface area contributed by atoms with Crippen LogP contribution < -0.4 is 5.32 Å². The number of rotatable bonds is 31.